The van der Waals surface area contributed by atoms with Gasteiger partial charge in [0.15, 0.2) is 11.5 Å². The third-order valence-electron chi connectivity index (χ3n) is 2.58. The summed E-state index contributed by atoms with van der Waals surface area (Å²) >= 11 is 0. The maximum absolute atomic E-state index is 11.1. The minimum atomic E-state index is -0.262. The van der Waals surface area contributed by atoms with Crippen LogP contribution in [0.5, 0.6) is 11.5 Å². The molecule has 1 aromatic rings. The number of esters is 1. The summed E-state index contributed by atoms with van der Waals surface area (Å²) in [6, 6.07) is 3.64. The summed E-state index contributed by atoms with van der Waals surface area (Å²) in [6.45, 7) is 2.43. The van der Waals surface area contributed by atoms with Crippen LogP contribution in [0.15, 0.2) is 12.1 Å². The summed E-state index contributed by atoms with van der Waals surface area (Å²) in [5.74, 6) is 0.862. The van der Waals surface area contributed by atoms with E-state index in [1.165, 1.54) is 14.2 Å². The van der Waals surface area contributed by atoms with E-state index in [-0.39, 0.29) is 12.4 Å². The predicted octanol–water partition coefficient (Wildman–Crippen LogP) is 1.78. The van der Waals surface area contributed by atoms with E-state index in [9.17, 15) is 4.79 Å². The number of hydrogen-bond donors (Lipinski definition) is 1. The molecule has 0 amide bonds. The SMILES string of the molecule is CCOc1ccc(CCC(=O)OC)c(N)c1OC. The van der Waals surface area contributed by atoms with Crippen molar-refractivity contribution in [2.45, 2.75) is 19.8 Å². The van der Waals surface area contributed by atoms with Crippen LogP contribution in [0, 0.1) is 0 Å². The van der Waals surface area contributed by atoms with Crippen LogP contribution >= 0.6 is 0 Å². The Morgan fingerprint density at radius 2 is 2.06 bits per heavy atom. The summed E-state index contributed by atoms with van der Waals surface area (Å²) in [7, 11) is 2.91. The molecule has 0 aliphatic carbocycles. The first kappa shape index (κ1) is 14.2. The number of carbonyl (C=O) groups excluding carboxylic acids is 1. The van der Waals surface area contributed by atoms with Gasteiger partial charge in [-0.1, -0.05) is 6.07 Å². The van der Waals surface area contributed by atoms with Crippen LogP contribution in [0.4, 0.5) is 5.69 Å². The summed E-state index contributed by atoms with van der Waals surface area (Å²) in [5.41, 5.74) is 7.35. The molecule has 0 saturated heterocycles. The Hall–Kier alpha value is -1.91. The van der Waals surface area contributed by atoms with Crippen LogP contribution in [0.1, 0.15) is 18.9 Å². The molecular weight excluding hydrogens is 234 g/mol. The zero-order chi connectivity index (χ0) is 13.5. The van der Waals surface area contributed by atoms with E-state index in [1.54, 1.807) is 6.07 Å². The molecule has 5 heteroatoms. The van der Waals surface area contributed by atoms with E-state index >= 15 is 0 Å². The largest absolute Gasteiger partial charge is 0.491 e. The minimum Gasteiger partial charge on any atom is -0.491 e. The zero-order valence-electron chi connectivity index (χ0n) is 11.0. The second-order valence-electron chi connectivity index (χ2n) is 3.68. The highest BCUT2D eigenvalue weighted by Gasteiger charge is 2.13. The average Bonchev–Trinajstić information content (AvgIpc) is 2.38. The Bertz CT molecular complexity index is 418. The first-order chi connectivity index (χ1) is 8.63. The summed E-state index contributed by atoms with van der Waals surface area (Å²) in [4.78, 5) is 11.1. The minimum absolute atomic E-state index is 0.262. The molecule has 0 spiro atoms. The van der Waals surface area contributed by atoms with Gasteiger partial charge >= 0.3 is 5.97 Å². The molecule has 0 atom stereocenters. The molecule has 0 radical (unpaired) electrons. The molecule has 0 fully saturated rings. The lowest BCUT2D eigenvalue weighted by Gasteiger charge is -2.14. The van der Waals surface area contributed by atoms with Crippen molar-refractivity contribution in [1.82, 2.24) is 0 Å². The highest BCUT2D eigenvalue weighted by atomic mass is 16.5. The maximum Gasteiger partial charge on any atom is 0.305 e. The number of nitrogens with two attached hydrogens (primary N) is 1. The highest BCUT2D eigenvalue weighted by Crippen LogP contribution is 2.36. The third kappa shape index (κ3) is 3.29. The van der Waals surface area contributed by atoms with Gasteiger partial charge in [0.25, 0.3) is 0 Å². The normalized spacial score (nSPS) is 9.94. The smallest absolute Gasteiger partial charge is 0.305 e. The van der Waals surface area contributed by atoms with E-state index in [2.05, 4.69) is 4.74 Å². The molecule has 100 valence electrons. The Kier molecular flexibility index (Phi) is 5.30. The Labute approximate surface area is 107 Å². The molecule has 18 heavy (non-hydrogen) atoms. The third-order valence-corrected chi connectivity index (χ3v) is 2.58. The van der Waals surface area contributed by atoms with Gasteiger partial charge in [-0.2, -0.15) is 0 Å². The van der Waals surface area contributed by atoms with Crippen molar-refractivity contribution >= 4 is 11.7 Å². The van der Waals surface area contributed by atoms with E-state index in [0.29, 0.717) is 30.2 Å². The van der Waals surface area contributed by atoms with Crippen LogP contribution in [0.25, 0.3) is 0 Å². The number of ether oxygens (including phenoxy) is 3. The molecule has 0 aromatic heterocycles. The zero-order valence-corrected chi connectivity index (χ0v) is 11.0. The van der Waals surface area contributed by atoms with Gasteiger partial charge in [0.05, 0.1) is 26.5 Å². The lowest BCUT2D eigenvalue weighted by Crippen LogP contribution is -2.06. The van der Waals surface area contributed by atoms with Crippen molar-refractivity contribution in [1.29, 1.82) is 0 Å². The van der Waals surface area contributed by atoms with Gasteiger partial charge in [-0.15, -0.1) is 0 Å². The topological polar surface area (TPSA) is 70.8 Å². The number of rotatable bonds is 6. The molecule has 1 aromatic carbocycles. The van der Waals surface area contributed by atoms with Crippen molar-refractivity contribution in [3.63, 3.8) is 0 Å². The lowest BCUT2D eigenvalue weighted by molar-refractivity contribution is -0.140. The van der Waals surface area contributed by atoms with E-state index in [0.717, 1.165) is 5.56 Å². The van der Waals surface area contributed by atoms with E-state index in [1.807, 2.05) is 13.0 Å². The molecule has 2 N–H and O–H groups in total. The number of aryl methyl sites for hydroxylation is 1. The number of benzene rings is 1. The number of anilines is 1. The average molecular weight is 253 g/mol. The molecule has 0 unspecified atom stereocenters. The molecule has 1 rings (SSSR count). The highest BCUT2D eigenvalue weighted by molar-refractivity contribution is 5.71. The molecule has 0 aliphatic rings. The fourth-order valence-corrected chi connectivity index (χ4v) is 1.66. The second kappa shape index (κ2) is 6.74. The Morgan fingerprint density at radius 1 is 1.33 bits per heavy atom. The van der Waals surface area contributed by atoms with E-state index in [4.69, 9.17) is 15.2 Å². The van der Waals surface area contributed by atoms with Gasteiger partial charge in [-0.25, -0.2) is 0 Å². The van der Waals surface area contributed by atoms with Gasteiger partial charge in [0.2, 0.25) is 0 Å². The molecule has 0 heterocycles. The van der Waals surface area contributed by atoms with Gasteiger partial charge in [-0.05, 0) is 25.0 Å². The van der Waals surface area contributed by atoms with Crippen molar-refractivity contribution in [2.75, 3.05) is 26.6 Å². The van der Waals surface area contributed by atoms with Crippen LogP contribution in [0.3, 0.4) is 0 Å². The maximum atomic E-state index is 11.1. The van der Waals surface area contributed by atoms with Gasteiger partial charge in [0.1, 0.15) is 0 Å². The molecule has 0 aliphatic heterocycles. The summed E-state index contributed by atoms with van der Waals surface area (Å²) in [5, 5.41) is 0. The molecular formula is C13H19NO4. The van der Waals surface area contributed by atoms with Crippen molar-refractivity contribution < 1.29 is 19.0 Å². The standard InChI is InChI=1S/C13H19NO4/c1-4-18-10-7-5-9(6-8-11(15)16-2)12(14)13(10)17-3/h5,7H,4,6,8,14H2,1-3H3. The monoisotopic (exact) mass is 253 g/mol. The van der Waals surface area contributed by atoms with Gasteiger partial charge < -0.3 is 19.9 Å². The van der Waals surface area contributed by atoms with Crippen molar-refractivity contribution in [2.24, 2.45) is 0 Å². The van der Waals surface area contributed by atoms with Gasteiger partial charge in [-0.3, -0.25) is 4.79 Å². The number of methoxy groups -OCH3 is 2. The summed E-state index contributed by atoms with van der Waals surface area (Å²) in [6.07, 6.45) is 0.805. The van der Waals surface area contributed by atoms with Gasteiger partial charge in [0, 0.05) is 6.42 Å². The van der Waals surface area contributed by atoms with E-state index < -0.39 is 0 Å². The number of nitrogen functional groups attached to an aromatic ring is 1. The van der Waals surface area contributed by atoms with Crippen LogP contribution in [-0.2, 0) is 16.0 Å². The molecule has 0 saturated carbocycles. The number of hydrogen-bond acceptors (Lipinski definition) is 5. The van der Waals surface area contributed by atoms with Crippen molar-refractivity contribution in [3.05, 3.63) is 17.7 Å². The second-order valence-corrected chi connectivity index (χ2v) is 3.68. The summed E-state index contributed by atoms with van der Waals surface area (Å²) < 4.78 is 15.2. The fourth-order valence-electron chi connectivity index (χ4n) is 1.66. The first-order valence-electron chi connectivity index (χ1n) is 5.79. The Balaban J connectivity index is 2.90. The quantitative estimate of drug-likeness (QED) is 0.618. The number of carbonyl (C=O) groups is 1. The van der Waals surface area contributed by atoms with Crippen LogP contribution < -0.4 is 15.2 Å². The first-order valence-corrected chi connectivity index (χ1v) is 5.79. The molecule has 0 bridgehead atoms. The van der Waals surface area contributed by atoms with Crippen molar-refractivity contribution in [3.8, 4) is 11.5 Å². The van der Waals surface area contributed by atoms with Crippen LogP contribution in [-0.4, -0.2) is 26.8 Å². The molecule has 5 nitrogen and oxygen atoms in total. The lowest BCUT2D eigenvalue weighted by atomic mass is 10.1. The Morgan fingerprint density at radius 3 is 2.61 bits per heavy atom. The predicted molar refractivity (Wildman–Crippen MR) is 68.9 cm³/mol. The fraction of sp³-hybridized carbons (Fsp3) is 0.462. The van der Waals surface area contributed by atoms with Crippen LogP contribution in [0.2, 0.25) is 0 Å².